The predicted molar refractivity (Wildman–Crippen MR) is 66.4 cm³/mol. The predicted octanol–water partition coefficient (Wildman–Crippen LogP) is 1.13. The number of aromatic nitrogens is 1. The van der Waals surface area contributed by atoms with Crippen LogP contribution in [0, 0.1) is 0 Å². The zero-order valence-electron chi connectivity index (χ0n) is 10.5. The zero-order valence-corrected chi connectivity index (χ0v) is 10.5. The Labute approximate surface area is 102 Å². The molecule has 0 atom stereocenters. The van der Waals surface area contributed by atoms with Gasteiger partial charge in [0, 0.05) is 31.9 Å². The van der Waals surface area contributed by atoms with E-state index in [0.29, 0.717) is 12.6 Å². The van der Waals surface area contributed by atoms with E-state index in [1.807, 2.05) is 23.1 Å². The maximum Gasteiger partial charge on any atom is 0.237 e. The van der Waals surface area contributed by atoms with Crippen molar-refractivity contribution < 1.29 is 4.79 Å². The van der Waals surface area contributed by atoms with Crippen LogP contribution in [0.25, 0.3) is 0 Å². The summed E-state index contributed by atoms with van der Waals surface area (Å²) in [6.07, 6.45) is 1.79. The highest BCUT2D eigenvalue weighted by Crippen LogP contribution is 2.10. The molecule has 1 fully saturated rings. The molecule has 0 saturated carbocycles. The highest BCUT2D eigenvalue weighted by atomic mass is 16.2. The summed E-state index contributed by atoms with van der Waals surface area (Å²) in [7, 11) is 0. The number of hydrogen-bond donors (Lipinski definition) is 0. The van der Waals surface area contributed by atoms with E-state index >= 15 is 0 Å². The Bertz CT molecular complexity index is 378. The Kier molecular flexibility index (Phi) is 3.74. The summed E-state index contributed by atoms with van der Waals surface area (Å²) in [6, 6.07) is 6.19. The summed E-state index contributed by atoms with van der Waals surface area (Å²) in [5, 5.41) is 0. The lowest BCUT2D eigenvalue weighted by molar-refractivity contribution is -0.138. The lowest BCUT2D eigenvalue weighted by Crippen LogP contribution is -2.52. The molecule has 0 spiro atoms. The van der Waals surface area contributed by atoms with Crippen LogP contribution in [0.5, 0.6) is 0 Å². The second-order valence-corrected chi connectivity index (χ2v) is 4.71. The van der Waals surface area contributed by atoms with Crippen LogP contribution in [-0.2, 0) is 11.3 Å². The molecule has 0 bridgehead atoms. The van der Waals surface area contributed by atoms with Crippen molar-refractivity contribution in [2.24, 2.45) is 0 Å². The van der Waals surface area contributed by atoms with Gasteiger partial charge >= 0.3 is 0 Å². The van der Waals surface area contributed by atoms with Crippen molar-refractivity contribution in [3.05, 3.63) is 30.1 Å². The fraction of sp³-hybridized carbons (Fsp3) is 0.538. The number of hydrogen-bond acceptors (Lipinski definition) is 3. The summed E-state index contributed by atoms with van der Waals surface area (Å²) in [5.74, 6) is 0.224. The first-order chi connectivity index (χ1) is 8.16. The van der Waals surface area contributed by atoms with Gasteiger partial charge in [0.1, 0.15) is 0 Å². The van der Waals surface area contributed by atoms with Gasteiger partial charge in [-0.2, -0.15) is 0 Å². The van der Waals surface area contributed by atoms with Crippen molar-refractivity contribution in [1.82, 2.24) is 14.8 Å². The number of carbonyl (C=O) groups excluding carboxylic acids is 1. The second kappa shape index (κ2) is 5.27. The molecule has 1 aliphatic heterocycles. The summed E-state index contributed by atoms with van der Waals surface area (Å²) < 4.78 is 0. The Morgan fingerprint density at radius 2 is 2.18 bits per heavy atom. The van der Waals surface area contributed by atoms with E-state index in [1.165, 1.54) is 0 Å². The standard InChI is InChI=1S/C13H19N3O/c1-11(2)16-8-7-15(10-13(16)17)9-12-5-3-4-6-14-12/h3-6,11H,7-10H2,1-2H3. The SMILES string of the molecule is CC(C)N1CCN(Cc2ccccn2)CC1=O. The van der Waals surface area contributed by atoms with E-state index in [1.54, 1.807) is 6.20 Å². The third-order valence-corrected chi connectivity index (χ3v) is 3.07. The van der Waals surface area contributed by atoms with Gasteiger partial charge in [-0.1, -0.05) is 6.07 Å². The maximum atomic E-state index is 11.9. The van der Waals surface area contributed by atoms with Crippen molar-refractivity contribution in [2.45, 2.75) is 26.4 Å². The Hall–Kier alpha value is -1.42. The van der Waals surface area contributed by atoms with Crippen LogP contribution in [0.1, 0.15) is 19.5 Å². The molecule has 1 aliphatic rings. The van der Waals surface area contributed by atoms with Gasteiger partial charge in [0.25, 0.3) is 0 Å². The molecule has 17 heavy (non-hydrogen) atoms. The van der Waals surface area contributed by atoms with E-state index in [9.17, 15) is 4.79 Å². The van der Waals surface area contributed by atoms with Crippen molar-refractivity contribution >= 4 is 5.91 Å². The van der Waals surface area contributed by atoms with Crippen LogP contribution in [-0.4, -0.2) is 46.4 Å². The van der Waals surface area contributed by atoms with E-state index in [2.05, 4.69) is 23.7 Å². The van der Waals surface area contributed by atoms with Crippen molar-refractivity contribution in [3.8, 4) is 0 Å². The van der Waals surface area contributed by atoms with Crippen LogP contribution in [0.15, 0.2) is 24.4 Å². The highest BCUT2D eigenvalue weighted by Gasteiger charge is 2.25. The van der Waals surface area contributed by atoms with Crippen LogP contribution in [0.2, 0.25) is 0 Å². The molecule has 1 aromatic heterocycles. The highest BCUT2D eigenvalue weighted by molar-refractivity contribution is 5.79. The van der Waals surface area contributed by atoms with Gasteiger partial charge in [-0.3, -0.25) is 14.7 Å². The first-order valence-electron chi connectivity index (χ1n) is 6.08. The van der Waals surface area contributed by atoms with Crippen LogP contribution in [0.4, 0.5) is 0 Å². The number of pyridine rings is 1. The van der Waals surface area contributed by atoms with Crippen LogP contribution in [0.3, 0.4) is 0 Å². The van der Waals surface area contributed by atoms with Crippen molar-refractivity contribution in [2.75, 3.05) is 19.6 Å². The average Bonchev–Trinajstić information content (AvgIpc) is 2.30. The Morgan fingerprint density at radius 3 is 2.76 bits per heavy atom. The number of rotatable bonds is 3. The van der Waals surface area contributed by atoms with Gasteiger partial charge in [0.05, 0.1) is 12.2 Å². The molecule has 1 amide bonds. The molecular formula is C13H19N3O. The molecule has 0 aromatic carbocycles. The minimum Gasteiger partial charge on any atom is -0.338 e. The molecule has 2 rings (SSSR count). The van der Waals surface area contributed by atoms with Crippen molar-refractivity contribution in [3.63, 3.8) is 0 Å². The Balaban J connectivity index is 1.92. The van der Waals surface area contributed by atoms with Gasteiger partial charge in [-0.05, 0) is 26.0 Å². The number of carbonyl (C=O) groups is 1. The molecular weight excluding hydrogens is 214 g/mol. The van der Waals surface area contributed by atoms with E-state index in [-0.39, 0.29) is 5.91 Å². The topological polar surface area (TPSA) is 36.4 Å². The molecule has 4 heteroatoms. The van der Waals surface area contributed by atoms with Gasteiger partial charge in [-0.25, -0.2) is 0 Å². The smallest absolute Gasteiger partial charge is 0.237 e. The van der Waals surface area contributed by atoms with Gasteiger partial charge in [0.15, 0.2) is 0 Å². The van der Waals surface area contributed by atoms with E-state index < -0.39 is 0 Å². The first kappa shape index (κ1) is 12.0. The van der Waals surface area contributed by atoms with Gasteiger partial charge in [0.2, 0.25) is 5.91 Å². The number of amides is 1. The normalized spacial score (nSPS) is 17.8. The molecule has 0 aliphatic carbocycles. The lowest BCUT2D eigenvalue weighted by atomic mass is 10.2. The first-order valence-corrected chi connectivity index (χ1v) is 6.08. The maximum absolute atomic E-state index is 11.9. The third-order valence-electron chi connectivity index (χ3n) is 3.07. The molecule has 0 unspecified atom stereocenters. The Morgan fingerprint density at radius 1 is 1.35 bits per heavy atom. The molecule has 1 saturated heterocycles. The third kappa shape index (κ3) is 3.03. The fourth-order valence-electron chi connectivity index (χ4n) is 2.14. The molecule has 1 aromatic rings. The monoisotopic (exact) mass is 233 g/mol. The summed E-state index contributed by atoms with van der Waals surface area (Å²) >= 11 is 0. The van der Waals surface area contributed by atoms with Crippen LogP contribution < -0.4 is 0 Å². The minimum absolute atomic E-state index is 0.224. The van der Waals surface area contributed by atoms with E-state index in [4.69, 9.17) is 0 Å². The summed E-state index contributed by atoms with van der Waals surface area (Å²) in [5.41, 5.74) is 1.03. The largest absolute Gasteiger partial charge is 0.338 e. The van der Waals surface area contributed by atoms with Gasteiger partial charge in [-0.15, -0.1) is 0 Å². The fourth-order valence-corrected chi connectivity index (χ4v) is 2.14. The molecule has 92 valence electrons. The molecule has 0 radical (unpaired) electrons. The second-order valence-electron chi connectivity index (χ2n) is 4.71. The lowest BCUT2D eigenvalue weighted by Gasteiger charge is -2.36. The number of piperazine rings is 1. The van der Waals surface area contributed by atoms with Crippen molar-refractivity contribution in [1.29, 1.82) is 0 Å². The van der Waals surface area contributed by atoms with Crippen LogP contribution >= 0.6 is 0 Å². The quantitative estimate of drug-likeness (QED) is 0.785. The number of nitrogens with zero attached hydrogens (tertiary/aromatic N) is 3. The minimum atomic E-state index is 0.224. The summed E-state index contributed by atoms with van der Waals surface area (Å²) in [4.78, 5) is 20.3. The molecule has 4 nitrogen and oxygen atoms in total. The zero-order chi connectivity index (χ0) is 12.3. The van der Waals surface area contributed by atoms with E-state index in [0.717, 1.165) is 25.3 Å². The average molecular weight is 233 g/mol. The molecule has 0 N–H and O–H groups in total. The summed E-state index contributed by atoms with van der Waals surface area (Å²) in [6.45, 7) is 7.15. The van der Waals surface area contributed by atoms with Gasteiger partial charge < -0.3 is 4.90 Å². The molecule has 2 heterocycles.